The molecule has 14 heavy (non-hydrogen) atoms. The zero-order chi connectivity index (χ0) is 10.1. The second-order valence-electron chi connectivity index (χ2n) is 2.79. The molecule has 3 N–H and O–H groups in total. The predicted molar refractivity (Wildman–Crippen MR) is 57.2 cm³/mol. The molecule has 0 amide bonds. The number of benzene rings is 1. The number of rotatable bonds is 1. The lowest BCUT2D eigenvalue weighted by molar-refractivity contribution is 0.636. The predicted octanol–water partition coefficient (Wildman–Crippen LogP) is 2.42. The summed E-state index contributed by atoms with van der Waals surface area (Å²) in [6, 6.07) is 4.82. The SMILES string of the molecule is NNc1ccnc2c(F)cc(Br)cc12. The van der Waals surface area contributed by atoms with Crippen molar-refractivity contribution in [1.29, 1.82) is 0 Å². The van der Waals surface area contributed by atoms with Crippen molar-refractivity contribution >= 4 is 32.5 Å². The fourth-order valence-corrected chi connectivity index (χ4v) is 1.73. The Morgan fingerprint density at radius 1 is 1.43 bits per heavy atom. The molecule has 3 nitrogen and oxygen atoms in total. The minimum absolute atomic E-state index is 0.309. The van der Waals surface area contributed by atoms with E-state index in [1.807, 2.05) is 0 Å². The number of hydrogen-bond acceptors (Lipinski definition) is 3. The Kier molecular flexibility index (Phi) is 2.35. The highest BCUT2D eigenvalue weighted by Gasteiger charge is 2.06. The van der Waals surface area contributed by atoms with Crippen molar-refractivity contribution in [2.45, 2.75) is 0 Å². The van der Waals surface area contributed by atoms with Gasteiger partial charge in [0.2, 0.25) is 0 Å². The van der Waals surface area contributed by atoms with Crippen LogP contribution in [0.15, 0.2) is 28.9 Å². The second kappa shape index (κ2) is 3.51. The summed E-state index contributed by atoms with van der Waals surface area (Å²) in [5, 5.41) is 0.655. The number of nitrogen functional groups attached to an aromatic ring is 1. The van der Waals surface area contributed by atoms with Gasteiger partial charge in [0, 0.05) is 16.1 Å². The van der Waals surface area contributed by atoms with Crippen LogP contribution in [0.1, 0.15) is 0 Å². The third-order valence-electron chi connectivity index (χ3n) is 1.92. The molecule has 2 rings (SSSR count). The maximum Gasteiger partial charge on any atom is 0.150 e. The number of nitrogens with zero attached hydrogens (tertiary/aromatic N) is 1. The molecule has 0 bridgehead atoms. The monoisotopic (exact) mass is 255 g/mol. The third-order valence-corrected chi connectivity index (χ3v) is 2.38. The first-order chi connectivity index (χ1) is 6.72. The summed E-state index contributed by atoms with van der Waals surface area (Å²) in [6.07, 6.45) is 1.51. The zero-order valence-corrected chi connectivity index (χ0v) is 8.68. The van der Waals surface area contributed by atoms with Crippen LogP contribution in [0.25, 0.3) is 10.9 Å². The van der Waals surface area contributed by atoms with Crippen molar-refractivity contribution in [3.63, 3.8) is 0 Å². The highest BCUT2D eigenvalue weighted by molar-refractivity contribution is 9.10. The summed E-state index contributed by atoms with van der Waals surface area (Å²) >= 11 is 3.21. The van der Waals surface area contributed by atoms with E-state index in [0.717, 1.165) is 0 Å². The standard InChI is InChI=1S/C9H7BrFN3/c10-5-3-6-8(14-12)1-2-13-9(6)7(11)4-5/h1-4H,12H2,(H,13,14). The normalized spacial score (nSPS) is 10.5. The van der Waals surface area contributed by atoms with Crippen LogP contribution in [0, 0.1) is 5.82 Å². The molecule has 0 aliphatic carbocycles. The van der Waals surface area contributed by atoms with Crippen LogP contribution in [-0.4, -0.2) is 4.98 Å². The van der Waals surface area contributed by atoms with Gasteiger partial charge in [-0.2, -0.15) is 0 Å². The molecule has 2 aromatic rings. The van der Waals surface area contributed by atoms with Crippen LogP contribution < -0.4 is 11.3 Å². The van der Waals surface area contributed by atoms with Crippen LogP contribution in [0.4, 0.5) is 10.1 Å². The van der Waals surface area contributed by atoms with Crippen molar-refractivity contribution < 1.29 is 4.39 Å². The third kappa shape index (κ3) is 1.44. The van der Waals surface area contributed by atoms with Crippen LogP contribution in [0.3, 0.4) is 0 Å². The quantitative estimate of drug-likeness (QED) is 0.608. The second-order valence-corrected chi connectivity index (χ2v) is 3.70. The van der Waals surface area contributed by atoms with Gasteiger partial charge in [0.25, 0.3) is 0 Å². The van der Waals surface area contributed by atoms with E-state index in [9.17, 15) is 4.39 Å². The summed E-state index contributed by atoms with van der Waals surface area (Å²) < 4.78 is 14.1. The van der Waals surface area contributed by atoms with Crippen molar-refractivity contribution in [3.05, 3.63) is 34.7 Å². The molecular weight excluding hydrogens is 249 g/mol. The first-order valence-electron chi connectivity index (χ1n) is 3.93. The van der Waals surface area contributed by atoms with Crippen LogP contribution >= 0.6 is 15.9 Å². The van der Waals surface area contributed by atoms with E-state index >= 15 is 0 Å². The molecule has 1 heterocycles. The number of nitrogens with two attached hydrogens (primary N) is 1. The van der Waals surface area contributed by atoms with Gasteiger partial charge in [-0.25, -0.2) is 4.39 Å². The van der Waals surface area contributed by atoms with Gasteiger partial charge >= 0.3 is 0 Å². The molecule has 0 atom stereocenters. The molecule has 0 aliphatic heterocycles. The van der Waals surface area contributed by atoms with E-state index in [4.69, 9.17) is 5.84 Å². The summed E-state index contributed by atoms with van der Waals surface area (Å²) in [5.74, 6) is 4.93. The Morgan fingerprint density at radius 2 is 2.21 bits per heavy atom. The number of hydrazine groups is 1. The van der Waals surface area contributed by atoms with Gasteiger partial charge in [0.1, 0.15) is 5.52 Å². The van der Waals surface area contributed by atoms with Crippen molar-refractivity contribution in [1.82, 2.24) is 4.98 Å². The largest absolute Gasteiger partial charge is 0.323 e. The fraction of sp³-hybridized carbons (Fsp3) is 0. The number of halogens is 2. The van der Waals surface area contributed by atoms with Crippen LogP contribution in [0.5, 0.6) is 0 Å². The Bertz CT molecular complexity index is 487. The Hall–Kier alpha value is -1.20. The maximum absolute atomic E-state index is 13.4. The van der Waals surface area contributed by atoms with Gasteiger partial charge in [-0.05, 0) is 18.2 Å². The average Bonchev–Trinajstić information content (AvgIpc) is 2.17. The lowest BCUT2D eigenvalue weighted by Gasteiger charge is -2.05. The van der Waals surface area contributed by atoms with Crippen molar-refractivity contribution in [2.75, 3.05) is 5.43 Å². The van der Waals surface area contributed by atoms with E-state index in [2.05, 4.69) is 26.3 Å². The molecule has 0 aliphatic rings. The first-order valence-corrected chi connectivity index (χ1v) is 4.72. The van der Waals surface area contributed by atoms with Crippen LogP contribution in [-0.2, 0) is 0 Å². The molecule has 1 aromatic heterocycles. The first kappa shape index (κ1) is 9.36. The summed E-state index contributed by atoms with van der Waals surface area (Å²) in [6.45, 7) is 0. The number of fused-ring (bicyclic) bond motifs is 1. The average molecular weight is 256 g/mol. The molecule has 0 spiro atoms. The zero-order valence-electron chi connectivity index (χ0n) is 7.09. The molecule has 0 radical (unpaired) electrons. The van der Waals surface area contributed by atoms with Crippen LogP contribution in [0.2, 0.25) is 0 Å². The van der Waals surface area contributed by atoms with Crippen molar-refractivity contribution in [3.8, 4) is 0 Å². The molecule has 0 fully saturated rings. The Balaban J connectivity index is 2.86. The number of aromatic nitrogens is 1. The number of pyridine rings is 1. The molecular formula is C9H7BrFN3. The highest BCUT2D eigenvalue weighted by Crippen LogP contribution is 2.26. The van der Waals surface area contributed by atoms with Crippen molar-refractivity contribution in [2.24, 2.45) is 5.84 Å². The summed E-state index contributed by atoms with van der Waals surface area (Å²) in [4.78, 5) is 3.94. The van der Waals surface area contributed by atoms with Gasteiger partial charge in [0.05, 0.1) is 5.69 Å². The minimum atomic E-state index is -0.369. The Morgan fingerprint density at radius 3 is 2.93 bits per heavy atom. The number of anilines is 1. The fourth-order valence-electron chi connectivity index (χ4n) is 1.30. The van der Waals surface area contributed by atoms with Gasteiger partial charge in [0.15, 0.2) is 5.82 Å². The number of hydrogen-bond donors (Lipinski definition) is 2. The van der Waals surface area contributed by atoms with Gasteiger partial charge in [-0.15, -0.1) is 0 Å². The molecule has 1 aromatic carbocycles. The Labute approximate surface area is 88.2 Å². The molecule has 0 saturated carbocycles. The van der Waals surface area contributed by atoms with Gasteiger partial charge < -0.3 is 5.43 Å². The molecule has 72 valence electrons. The van der Waals surface area contributed by atoms with E-state index < -0.39 is 0 Å². The molecule has 5 heteroatoms. The minimum Gasteiger partial charge on any atom is -0.323 e. The maximum atomic E-state index is 13.4. The van der Waals surface area contributed by atoms with E-state index in [-0.39, 0.29) is 5.82 Å². The molecule has 0 unspecified atom stereocenters. The lowest BCUT2D eigenvalue weighted by atomic mass is 10.2. The van der Waals surface area contributed by atoms with E-state index in [0.29, 0.717) is 21.1 Å². The summed E-state index contributed by atoms with van der Waals surface area (Å²) in [5.41, 5.74) is 3.45. The van der Waals surface area contributed by atoms with E-state index in [1.165, 1.54) is 12.3 Å². The number of nitrogens with one attached hydrogen (secondary N) is 1. The topological polar surface area (TPSA) is 50.9 Å². The van der Waals surface area contributed by atoms with E-state index in [1.54, 1.807) is 12.1 Å². The summed E-state index contributed by atoms with van der Waals surface area (Å²) in [7, 11) is 0. The van der Waals surface area contributed by atoms with Gasteiger partial charge in [-0.3, -0.25) is 10.8 Å². The molecule has 0 saturated heterocycles. The lowest BCUT2D eigenvalue weighted by Crippen LogP contribution is -2.07. The highest BCUT2D eigenvalue weighted by atomic mass is 79.9. The smallest absolute Gasteiger partial charge is 0.150 e. The van der Waals surface area contributed by atoms with Gasteiger partial charge in [-0.1, -0.05) is 15.9 Å².